The van der Waals surface area contributed by atoms with Crippen LogP contribution in [0.1, 0.15) is 48.8 Å². The predicted molar refractivity (Wildman–Crippen MR) is 125 cm³/mol. The van der Waals surface area contributed by atoms with Crippen molar-refractivity contribution in [3.05, 3.63) is 70.8 Å². The molecule has 1 unspecified atom stereocenters. The van der Waals surface area contributed by atoms with E-state index in [1.54, 1.807) is 48.4 Å². The number of methoxy groups -OCH3 is 1. The summed E-state index contributed by atoms with van der Waals surface area (Å²) in [5.41, 5.74) is 0.618. The molecule has 3 aromatic rings. The fourth-order valence-electron chi connectivity index (χ4n) is 4.17. The number of hydrogen-bond acceptors (Lipinski definition) is 5. The summed E-state index contributed by atoms with van der Waals surface area (Å²) in [4.78, 5) is 29.6. The van der Waals surface area contributed by atoms with E-state index in [1.807, 2.05) is 17.5 Å². The first-order valence-corrected chi connectivity index (χ1v) is 11.9. The molecule has 0 spiro atoms. The van der Waals surface area contributed by atoms with Gasteiger partial charge in [-0.15, -0.1) is 11.3 Å². The Hall–Kier alpha value is -3.06. The van der Waals surface area contributed by atoms with Gasteiger partial charge in [0, 0.05) is 16.6 Å². The van der Waals surface area contributed by atoms with Crippen LogP contribution in [0.25, 0.3) is 0 Å². The molecule has 1 atom stereocenters. The van der Waals surface area contributed by atoms with E-state index in [4.69, 9.17) is 9.15 Å². The van der Waals surface area contributed by atoms with Crippen LogP contribution in [0.3, 0.4) is 0 Å². The third kappa shape index (κ3) is 5.22. The number of ether oxygens (including phenoxy) is 1. The zero-order chi connectivity index (χ0) is 22.3. The van der Waals surface area contributed by atoms with E-state index in [-0.39, 0.29) is 24.3 Å². The van der Waals surface area contributed by atoms with Gasteiger partial charge in [-0.25, -0.2) is 0 Å². The van der Waals surface area contributed by atoms with Gasteiger partial charge in [-0.2, -0.15) is 0 Å². The van der Waals surface area contributed by atoms with Crippen molar-refractivity contribution in [3.8, 4) is 5.75 Å². The Labute approximate surface area is 192 Å². The standard InChI is InChI=1S/C25H28N2O4S/c1-30-20-13-11-19(12-14-20)27(23(28)17-21-9-6-16-32-21)24(22-10-5-15-31-22)25(29)26-18-7-3-2-4-8-18/h5-6,9-16,18,24H,2-4,7-8,17H2,1H3,(H,26,29). The first-order chi connectivity index (χ1) is 15.7. The summed E-state index contributed by atoms with van der Waals surface area (Å²) < 4.78 is 10.9. The summed E-state index contributed by atoms with van der Waals surface area (Å²) in [5, 5.41) is 5.12. The van der Waals surface area contributed by atoms with Gasteiger partial charge in [-0.1, -0.05) is 25.3 Å². The number of anilines is 1. The van der Waals surface area contributed by atoms with Crippen molar-refractivity contribution in [3.63, 3.8) is 0 Å². The molecule has 1 aliphatic rings. The third-order valence-corrected chi connectivity index (χ3v) is 6.67. The summed E-state index contributed by atoms with van der Waals surface area (Å²) >= 11 is 1.52. The monoisotopic (exact) mass is 452 g/mol. The number of nitrogens with zero attached hydrogens (tertiary/aromatic N) is 1. The molecule has 168 valence electrons. The second kappa shape index (κ2) is 10.5. The topological polar surface area (TPSA) is 71.8 Å². The number of furan rings is 1. The molecule has 1 N–H and O–H groups in total. The third-order valence-electron chi connectivity index (χ3n) is 5.80. The van der Waals surface area contributed by atoms with Crippen molar-refractivity contribution in [1.82, 2.24) is 5.32 Å². The van der Waals surface area contributed by atoms with Crippen LogP contribution in [-0.2, 0) is 16.0 Å². The molecule has 0 saturated heterocycles. The highest BCUT2D eigenvalue weighted by molar-refractivity contribution is 7.10. The molecule has 2 amide bonds. The van der Waals surface area contributed by atoms with Crippen LogP contribution < -0.4 is 15.0 Å². The predicted octanol–water partition coefficient (Wildman–Crippen LogP) is 5.12. The Bertz CT molecular complexity index is 993. The molecule has 7 heteroatoms. The van der Waals surface area contributed by atoms with E-state index < -0.39 is 6.04 Å². The highest BCUT2D eigenvalue weighted by Crippen LogP contribution is 2.31. The van der Waals surface area contributed by atoms with E-state index in [9.17, 15) is 9.59 Å². The summed E-state index contributed by atoms with van der Waals surface area (Å²) in [6, 6.07) is 13.8. The Morgan fingerprint density at radius 1 is 1.12 bits per heavy atom. The maximum Gasteiger partial charge on any atom is 0.251 e. The SMILES string of the molecule is COc1ccc(N(C(=O)Cc2cccs2)C(C(=O)NC2CCCCC2)c2ccco2)cc1. The summed E-state index contributed by atoms with van der Waals surface area (Å²) in [7, 11) is 1.60. The zero-order valence-corrected chi connectivity index (χ0v) is 19.0. The van der Waals surface area contributed by atoms with Gasteiger partial charge in [0.05, 0.1) is 19.8 Å². The minimum Gasteiger partial charge on any atom is -0.497 e. The lowest BCUT2D eigenvalue weighted by Gasteiger charge is -2.32. The summed E-state index contributed by atoms with van der Waals surface area (Å²) in [6.07, 6.45) is 7.07. The molecule has 1 saturated carbocycles. The van der Waals surface area contributed by atoms with Crippen molar-refractivity contribution in [1.29, 1.82) is 0 Å². The highest BCUT2D eigenvalue weighted by Gasteiger charge is 2.36. The van der Waals surface area contributed by atoms with E-state index in [2.05, 4.69) is 5.32 Å². The van der Waals surface area contributed by atoms with Crippen LogP contribution in [0.2, 0.25) is 0 Å². The number of benzene rings is 1. The largest absolute Gasteiger partial charge is 0.497 e. The maximum atomic E-state index is 13.6. The maximum absolute atomic E-state index is 13.6. The summed E-state index contributed by atoms with van der Waals surface area (Å²) in [5.74, 6) is 0.731. The van der Waals surface area contributed by atoms with Crippen molar-refractivity contribution in [2.45, 2.75) is 50.6 Å². The zero-order valence-electron chi connectivity index (χ0n) is 18.2. The molecule has 0 radical (unpaired) electrons. The fourth-order valence-corrected chi connectivity index (χ4v) is 4.87. The first-order valence-electron chi connectivity index (χ1n) is 11.0. The summed E-state index contributed by atoms with van der Waals surface area (Å²) in [6.45, 7) is 0. The van der Waals surface area contributed by atoms with Crippen LogP contribution in [0, 0.1) is 0 Å². The number of rotatable bonds is 8. The molecule has 1 aliphatic carbocycles. The van der Waals surface area contributed by atoms with Gasteiger partial charge in [0.1, 0.15) is 11.5 Å². The molecule has 4 rings (SSSR count). The number of hydrogen-bond donors (Lipinski definition) is 1. The van der Waals surface area contributed by atoms with Crippen molar-refractivity contribution < 1.29 is 18.7 Å². The minimum absolute atomic E-state index is 0.124. The number of amides is 2. The normalized spacial score (nSPS) is 15.2. The van der Waals surface area contributed by atoms with Gasteiger partial charge in [0.2, 0.25) is 5.91 Å². The second-order valence-corrected chi connectivity index (χ2v) is 9.01. The molecule has 0 bridgehead atoms. The lowest BCUT2D eigenvalue weighted by Crippen LogP contribution is -2.47. The van der Waals surface area contributed by atoms with Gasteiger partial charge in [0.15, 0.2) is 6.04 Å². The Balaban J connectivity index is 1.69. The van der Waals surface area contributed by atoms with Crippen molar-refractivity contribution >= 4 is 28.8 Å². The molecule has 0 aliphatic heterocycles. The van der Waals surface area contributed by atoms with E-state index in [1.165, 1.54) is 24.0 Å². The van der Waals surface area contributed by atoms with Gasteiger partial charge in [-0.05, 0) is 60.7 Å². The van der Waals surface area contributed by atoms with Gasteiger partial charge in [0.25, 0.3) is 5.91 Å². The quantitative estimate of drug-likeness (QED) is 0.515. The number of carbonyl (C=O) groups is 2. The Morgan fingerprint density at radius 2 is 1.91 bits per heavy atom. The molecule has 1 aromatic carbocycles. The number of thiophene rings is 1. The van der Waals surface area contributed by atoms with Gasteiger partial charge < -0.3 is 14.5 Å². The molecule has 32 heavy (non-hydrogen) atoms. The molecule has 1 fully saturated rings. The second-order valence-electron chi connectivity index (χ2n) is 7.98. The highest BCUT2D eigenvalue weighted by atomic mass is 32.1. The van der Waals surface area contributed by atoms with Gasteiger partial charge in [-0.3, -0.25) is 14.5 Å². The average molecular weight is 453 g/mol. The molecule has 6 nitrogen and oxygen atoms in total. The molecule has 2 heterocycles. The van der Waals surface area contributed by atoms with E-state index in [0.29, 0.717) is 17.2 Å². The van der Waals surface area contributed by atoms with Crippen LogP contribution in [-0.4, -0.2) is 25.0 Å². The van der Waals surface area contributed by atoms with E-state index in [0.717, 1.165) is 30.6 Å². The molecular weight excluding hydrogens is 424 g/mol. The van der Waals surface area contributed by atoms with Crippen LogP contribution in [0.5, 0.6) is 5.75 Å². The van der Waals surface area contributed by atoms with Crippen molar-refractivity contribution in [2.24, 2.45) is 0 Å². The van der Waals surface area contributed by atoms with Crippen LogP contribution in [0.15, 0.2) is 64.6 Å². The molecule has 2 aromatic heterocycles. The van der Waals surface area contributed by atoms with Crippen molar-refractivity contribution in [2.75, 3.05) is 12.0 Å². The first kappa shape index (κ1) is 22.1. The Kier molecular flexibility index (Phi) is 7.27. The molecular formula is C25H28N2O4S. The fraction of sp³-hybridized carbons (Fsp3) is 0.360. The van der Waals surface area contributed by atoms with E-state index >= 15 is 0 Å². The lowest BCUT2D eigenvalue weighted by molar-refractivity contribution is -0.127. The average Bonchev–Trinajstić information content (AvgIpc) is 3.52. The van der Waals surface area contributed by atoms with Gasteiger partial charge >= 0.3 is 0 Å². The smallest absolute Gasteiger partial charge is 0.251 e. The number of nitrogens with one attached hydrogen (secondary N) is 1. The Morgan fingerprint density at radius 3 is 2.53 bits per heavy atom. The minimum atomic E-state index is -0.896. The number of carbonyl (C=O) groups excluding carboxylic acids is 2. The van der Waals surface area contributed by atoms with Crippen LogP contribution in [0.4, 0.5) is 5.69 Å². The lowest BCUT2D eigenvalue weighted by atomic mass is 9.95. The van der Waals surface area contributed by atoms with Crippen LogP contribution >= 0.6 is 11.3 Å².